The van der Waals surface area contributed by atoms with E-state index in [2.05, 4.69) is 73.5 Å². The highest BCUT2D eigenvalue weighted by molar-refractivity contribution is 7.17. The number of nitrogens with zero attached hydrogens (tertiary/aromatic N) is 4. The van der Waals surface area contributed by atoms with E-state index in [0.717, 1.165) is 60.0 Å². The maximum absolute atomic E-state index is 7.29. The van der Waals surface area contributed by atoms with E-state index in [0.29, 0.717) is 0 Å². The summed E-state index contributed by atoms with van der Waals surface area (Å²) in [5.74, 6) is 0.0760. The first kappa shape index (κ1) is 23.6. The average Bonchev–Trinajstić information content (AvgIpc) is 3.15. The van der Waals surface area contributed by atoms with Gasteiger partial charge in [0.15, 0.2) is 5.13 Å². The zero-order valence-corrected chi connectivity index (χ0v) is 19.6. The maximum atomic E-state index is 7.29. The van der Waals surface area contributed by atoms with Crippen molar-refractivity contribution in [1.82, 2.24) is 4.98 Å². The first-order valence-corrected chi connectivity index (χ1v) is 11.5. The minimum Gasteiger partial charge on any atom is -0.348 e. The molecule has 0 saturated carbocycles. The van der Waals surface area contributed by atoms with Crippen LogP contribution < -0.4 is 4.90 Å². The normalized spacial score (nSPS) is 10.9. The summed E-state index contributed by atoms with van der Waals surface area (Å²) in [5, 5.41) is 0.980. The summed E-state index contributed by atoms with van der Waals surface area (Å²) in [6.07, 6.45) is 6.22. The van der Waals surface area contributed by atoms with Gasteiger partial charge in [-0.15, -0.1) is 0 Å². The van der Waals surface area contributed by atoms with Crippen LogP contribution in [0, 0.1) is 13.1 Å². The molecule has 0 aliphatic rings. The lowest BCUT2D eigenvalue weighted by atomic mass is 9.86. The van der Waals surface area contributed by atoms with Gasteiger partial charge in [0, 0.05) is 18.7 Å². The van der Waals surface area contributed by atoms with E-state index in [4.69, 9.17) is 18.1 Å². The Morgan fingerprint density at radius 1 is 1.10 bits per heavy atom. The third-order valence-electron chi connectivity index (χ3n) is 4.97. The number of aromatic nitrogens is 1. The largest absolute Gasteiger partial charge is 0.520 e. The molecule has 1 aromatic carbocycles. The predicted molar refractivity (Wildman–Crippen MR) is 129 cm³/mol. The first-order chi connectivity index (χ1) is 14.3. The molecule has 0 aliphatic carbocycles. The van der Waals surface area contributed by atoms with Crippen molar-refractivity contribution in [2.24, 2.45) is 0 Å². The molecular weight excluding hydrogens is 388 g/mol. The van der Waals surface area contributed by atoms with E-state index in [1.54, 1.807) is 17.4 Å². The molecule has 4 nitrogen and oxygen atoms in total. The fraction of sp³-hybridized carbons (Fsp3) is 0.480. The predicted octanol–water partition coefficient (Wildman–Crippen LogP) is 7.65. The molecule has 0 amide bonds. The minimum atomic E-state index is 0.0390. The molecule has 0 N–H and O–H groups in total. The van der Waals surface area contributed by atoms with Crippen molar-refractivity contribution >= 4 is 22.5 Å². The Labute approximate surface area is 185 Å². The number of thiazole rings is 1. The fourth-order valence-electron chi connectivity index (χ4n) is 3.10. The number of benzene rings is 1. The molecule has 30 heavy (non-hydrogen) atoms. The van der Waals surface area contributed by atoms with Crippen LogP contribution in [0.5, 0.6) is 0 Å². The summed E-state index contributed by atoms with van der Waals surface area (Å²) in [6, 6.07) is 8.47. The van der Waals surface area contributed by atoms with Crippen molar-refractivity contribution in [3.05, 3.63) is 63.4 Å². The van der Waals surface area contributed by atoms with Crippen LogP contribution in [-0.4, -0.2) is 18.1 Å². The number of hydrogen-bond acceptors (Lipinski definition) is 3. The number of rotatable bonds is 9. The summed E-state index contributed by atoms with van der Waals surface area (Å²) < 4.78 is 0. The van der Waals surface area contributed by atoms with Crippen LogP contribution in [0.15, 0.2) is 30.1 Å². The Morgan fingerprint density at radius 3 is 2.27 bits per heavy atom. The highest BCUT2D eigenvalue weighted by Gasteiger charge is 2.20. The molecule has 1 heterocycles. The second kappa shape index (κ2) is 11.0. The van der Waals surface area contributed by atoms with Gasteiger partial charge in [-0.1, -0.05) is 77.0 Å². The van der Waals surface area contributed by atoms with Crippen molar-refractivity contribution in [3.63, 3.8) is 0 Å². The van der Waals surface area contributed by atoms with Crippen molar-refractivity contribution in [3.8, 4) is 11.3 Å². The summed E-state index contributed by atoms with van der Waals surface area (Å²) in [5.41, 5.74) is 3.19. The number of hydrogen-bond donors (Lipinski definition) is 0. The molecule has 2 rings (SSSR count). The number of anilines is 1. The fourth-order valence-corrected chi connectivity index (χ4v) is 4.17. The number of unbranched alkanes of at least 4 members (excludes halogenated alkanes) is 2. The Balaban J connectivity index is 2.59. The maximum Gasteiger partial charge on any atom is 0.520 e. The zero-order chi connectivity index (χ0) is 22.1. The zero-order valence-electron chi connectivity index (χ0n) is 18.8. The second-order valence-electron chi connectivity index (χ2n) is 8.46. The average molecular weight is 421 g/mol. The van der Waals surface area contributed by atoms with Gasteiger partial charge >= 0.3 is 5.82 Å². The Morgan fingerprint density at radius 2 is 1.73 bits per heavy atom. The van der Waals surface area contributed by atoms with E-state index in [-0.39, 0.29) is 11.2 Å². The Hall–Kier alpha value is -2.63. The molecular formula is C25H32N4S. The smallest absolute Gasteiger partial charge is 0.348 e. The highest BCUT2D eigenvalue weighted by atomic mass is 32.1. The Bertz CT molecular complexity index is 927. The molecule has 0 fully saturated rings. The van der Waals surface area contributed by atoms with Gasteiger partial charge in [-0.25, -0.2) is 4.98 Å². The van der Waals surface area contributed by atoms with Crippen LogP contribution in [0.3, 0.4) is 0 Å². The van der Waals surface area contributed by atoms with E-state index in [1.807, 2.05) is 0 Å². The topological polar surface area (TPSA) is 24.9 Å². The van der Waals surface area contributed by atoms with Gasteiger partial charge in [0.1, 0.15) is 13.1 Å². The van der Waals surface area contributed by atoms with E-state index < -0.39 is 0 Å². The monoisotopic (exact) mass is 420 g/mol. The molecule has 2 aromatic rings. The Kier molecular flexibility index (Phi) is 8.63. The van der Waals surface area contributed by atoms with E-state index >= 15 is 0 Å². The third kappa shape index (κ3) is 6.18. The summed E-state index contributed by atoms with van der Waals surface area (Å²) >= 11 is 1.59. The van der Waals surface area contributed by atoms with E-state index in [9.17, 15) is 0 Å². The van der Waals surface area contributed by atoms with Crippen LogP contribution >= 0.6 is 11.3 Å². The molecule has 5 heteroatoms. The molecule has 0 spiro atoms. The quantitative estimate of drug-likeness (QED) is 0.389. The van der Waals surface area contributed by atoms with Crippen molar-refractivity contribution in [2.45, 2.75) is 65.7 Å². The minimum absolute atomic E-state index is 0.0390. The van der Waals surface area contributed by atoms with Gasteiger partial charge in [-0.05, 0) is 29.9 Å². The van der Waals surface area contributed by atoms with Crippen molar-refractivity contribution < 1.29 is 0 Å². The third-order valence-corrected chi connectivity index (χ3v) is 6.03. The van der Waals surface area contributed by atoms with Gasteiger partial charge in [0.05, 0.1) is 16.6 Å². The standard InChI is InChI=1S/C25H32N4S/c1-8-10-15-29(16-11-9-2)24-28-23(21(30-24)18-22(26-6)27-7)19-13-12-14-20(17-19)25(3,4)5/h12-14,17-18H,8-11,15-16H2,1-5H3. The SMILES string of the molecule is [C-]#[N+]C(=Cc1sc(N(CCCC)CCCC)nc1-c1cccc(C(C)(C)C)c1)[N+]#[C-]. The van der Waals surface area contributed by atoms with Crippen LogP contribution in [0.2, 0.25) is 0 Å². The van der Waals surface area contributed by atoms with Crippen LogP contribution in [0.1, 0.15) is 70.7 Å². The molecule has 158 valence electrons. The van der Waals surface area contributed by atoms with Gasteiger partial charge in [0.25, 0.3) is 0 Å². The summed E-state index contributed by atoms with van der Waals surface area (Å²) in [6.45, 7) is 27.5. The molecule has 1 aromatic heterocycles. The van der Waals surface area contributed by atoms with Gasteiger partial charge in [0.2, 0.25) is 0 Å². The molecule has 0 atom stereocenters. The molecule has 0 bridgehead atoms. The molecule has 0 saturated heterocycles. The summed E-state index contributed by atoms with van der Waals surface area (Å²) in [7, 11) is 0. The van der Waals surface area contributed by atoms with Crippen LogP contribution in [0.25, 0.3) is 27.0 Å². The first-order valence-electron chi connectivity index (χ1n) is 10.7. The lowest BCUT2D eigenvalue weighted by Crippen LogP contribution is -2.25. The van der Waals surface area contributed by atoms with E-state index in [1.165, 1.54) is 5.56 Å². The second-order valence-corrected chi connectivity index (χ2v) is 9.47. The lowest BCUT2D eigenvalue weighted by Gasteiger charge is -2.21. The highest BCUT2D eigenvalue weighted by Crippen LogP contribution is 2.37. The summed E-state index contributed by atoms with van der Waals surface area (Å²) in [4.78, 5) is 15.0. The molecule has 0 radical (unpaired) electrons. The van der Waals surface area contributed by atoms with Crippen molar-refractivity contribution in [1.29, 1.82) is 0 Å². The molecule has 0 unspecified atom stereocenters. The van der Waals surface area contributed by atoms with Crippen molar-refractivity contribution in [2.75, 3.05) is 18.0 Å². The van der Waals surface area contributed by atoms with Gasteiger partial charge in [-0.2, -0.15) is 9.69 Å². The van der Waals surface area contributed by atoms with Gasteiger partial charge < -0.3 is 4.90 Å². The van der Waals surface area contributed by atoms with Crippen LogP contribution in [-0.2, 0) is 5.41 Å². The van der Waals surface area contributed by atoms with Gasteiger partial charge in [-0.3, -0.25) is 0 Å². The van der Waals surface area contributed by atoms with Crippen LogP contribution in [0.4, 0.5) is 5.13 Å². The lowest BCUT2D eigenvalue weighted by molar-refractivity contribution is 0.590. The molecule has 0 aliphatic heterocycles.